The van der Waals surface area contributed by atoms with Gasteiger partial charge in [0.25, 0.3) is 5.91 Å². The Balaban J connectivity index is 0.00000144. The first kappa shape index (κ1) is 14.3. The van der Waals surface area contributed by atoms with Crippen LogP contribution in [0.1, 0.15) is 17.3 Å². The van der Waals surface area contributed by atoms with Crippen LogP contribution in [0, 0.1) is 0 Å². The number of nitrogens with zero attached hydrogens (tertiary/aromatic N) is 1. The summed E-state index contributed by atoms with van der Waals surface area (Å²) in [4.78, 5) is 14.0. The minimum atomic E-state index is 0. The van der Waals surface area contributed by atoms with Gasteiger partial charge in [-0.05, 0) is 31.2 Å². The maximum atomic E-state index is 12.1. The average molecular weight is 275 g/mol. The fourth-order valence-electron chi connectivity index (χ4n) is 1.89. The summed E-state index contributed by atoms with van der Waals surface area (Å²) < 4.78 is 0. The van der Waals surface area contributed by atoms with Crippen molar-refractivity contribution in [3.63, 3.8) is 0 Å². The van der Waals surface area contributed by atoms with Crippen LogP contribution in [-0.2, 0) is 0 Å². The molecule has 1 atom stereocenters. The van der Waals surface area contributed by atoms with Gasteiger partial charge in [0.2, 0.25) is 0 Å². The van der Waals surface area contributed by atoms with Crippen LogP contribution in [0.4, 0.5) is 0 Å². The molecule has 1 N–H and O–H groups in total. The number of carbonyl (C=O) groups is 1. The van der Waals surface area contributed by atoms with E-state index in [4.69, 9.17) is 11.6 Å². The topological polar surface area (TPSA) is 32.3 Å². The maximum absolute atomic E-state index is 12.1. The molecule has 94 valence electrons. The van der Waals surface area contributed by atoms with Gasteiger partial charge in [0.1, 0.15) is 0 Å². The summed E-state index contributed by atoms with van der Waals surface area (Å²) in [6.45, 7) is 4.48. The Bertz CT molecular complexity index is 381. The third-order valence-corrected chi connectivity index (χ3v) is 3.00. The van der Waals surface area contributed by atoms with Crippen molar-refractivity contribution in [2.24, 2.45) is 0 Å². The van der Waals surface area contributed by atoms with Gasteiger partial charge in [0.05, 0.1) is 0 Å². The molecule has 2 rings (SSSR count). The molecule has 1 fully saturated rings. The van der Waals surface area contributed by atoms with Crippen LogP contribution in [0.2, 0.25) is 5.02 Å². The van der Waals surface area contributed by atoms with Crippen molar-refractivity contribution >= 4 is 29.9 Å². The number of halogens is 2. The van der Waals surface area contributed by atoms with Crippen LogP contribution in [0.3, 0.4) is 0 Å². The highest BCUT2D eigenvalue weighted by Crippen LogP contribution is 2.12. The number of carbonyl (C=O) groups excluding carboxylic acids is 1. The van der Waals surface area contributed by atoms with Gasteiger partial charge in [-0.3, -0.25) is 4.79 Å². The van der Waals surface area contributed by atoms with Gasteiger partial charge in [-0.1, -0.05) is 11.6 Å². The number of amides is 1. The molecule has 0 saturated carbocycles. The Kier molecular flexibility index (Phi) is 5.25. The number of rotatable bonds is 1. The molecule has 3 nitrogen and oxygen atoms in total. The number of piperazine rings is 1. The van der Waals surface area contributed by atoms with Crippen molar-refractivity contribution in [1.29, 1.82) is 0 Å². The van der Waals surface area contributed by atoms with Gasteiger partial charge < -0.3 is 10.2 Å². The first-order chi connectivity index (χ1) is 7.66. The van der Waals surface area contributed by atoms with E-state index in [1.54, 1.807) is 24.3 Å². The van der Waals surface area contributed by atoms with Crippen LogP contribution in [0.15, 0.2) is 24.3 Å². The molecule has 1 saturated heterocycles. The van der Waals surface area contributed by atoms with Crippen molar-refractivity contribution in [2.45, 2.75) is 13.0 Å². The molecule has 0 aromatic heterocycles. The molecule has 5 heteroatoms. The highest BCUT2D eigenvalue weighted by atomic mass is 35.5. The second-order valence-electron chi connectivity index (χ2n) is 4.11. The number of hydrogen-bond acceptors (Lipinski definition) is 2. The fraction of sp³-hybridized carbons (Fsp3) is 0.417. The molecule has 0 radical (unpaired) electrons. The van der Waals surface area contributed by atoms with E-state index in [0.717, 1.165) is 19.6 Å². The lowest BCUT2D eigenvalue weighted by molar-refractivity contribution is 0.0709. The molecule has 1 aromatic rings. The fourth-order valence-corrected chi connectivity index (χ4v) is 2.02. The van der Waals surface area contributed by atoms with Crippen LogP contribution in [0.5, 0.6) is 0 Å². The molecule has 1 amide bonds. The zero-order valence-corrected chi connectivity index (χ0v) is 11.2. The van der Waals surface area contributed by atoms with Gasteiger partial charge in [-0.15, -0.1) is 12.4 Å². The molecule has 1 aliphatic heterocycles. The molecule has 17 heavy (non-hydrogen) atoms. The Labute approximate surface area is 113 Å². The summed E-state index contributed by atoms with van der Waals surface area (Å²) >= 11 is 5.79. The summed E-state index contributed by atoms with van der Waals surface area (Å²) in [7, 11) is 0. The third-order valence-electron chi connectivity index (χ3n) is 2.75. The van der Waals surface area contributed by atoms with Crippen molar-refractivity contribution < 1.29 is 4.79 Å². The molecule has 1 heterocycles. The number of nitrogens with one attached hydrogen (secondary N) is 1. The molecule has 0 bridgehead atoms. The minimum Gasteiger partial charge on any atom is -0.336 e. The zero-order chi connectivity index (χ0) is 11.5. The molecular weight excluding hydrogens is 259 g/mol. The Morgan fingerprint density at radius 2 is 2.06 bits per heavy atom. The highest BCUT2D eigenvalue weighted by Gasteiger charge is 2.21. The van der Waals surface area contributed by atoms with Crippen LogP contribution in [-0.4, -0.2) is 36.5 Å². The minimum absolute atomic E-state index is 0. The van der Waals surface area contributed by atoms with Crippen LogP contribution < -0.4 is 5.32 Å². The first-order valence-corrected chi connectivity index (χ1v) is 5.83. The largest absolute Gasteiger partial charge is 0.336 e. The monoisotopic (exact) mass is 274 g/mol. The lowest BCUT2D eigenvalue weighted by Gasteiger charge is -2.31. The molecular formula is C12H16Cl2N2O. The van der Waals surface area contributed by atoms with Gasteiger partial charge in [-0.25, -0.2) is 0 Å². The van der Waals surface area contributed by atoms with Crippen LogP contribution >= 0.6 is 24.0 Å². The van der Waals surface area contributed by atoms with E-state index in [-0.39, 0.29) is 18.3 Å². The number of benzene rings is 1. The standard InChI is InChI=1S/C12H15ClN2O.ClH/c1-9-8-15(7-6-14-9)12(16)10-2-4-11(13)5-3-10;/h2-5,9,14H,6-8H2,1H3;1H. The van der Waals surface area contributed by atoms with E-state index in [2.05, 4.69) is 12.2 Å². The summed E-state index contributed by atoms with van der Waals surface area (Å²) in [6.07, 6.45) is 0. The van der Waals surface area contributed by atoms with Gasteiger partial charge in [0, 0.05) is 36.3 Å². The van der Waals surface area contributed by atoms with E-state index in [0.29, 0.717) is 16.6 Å². The van der Waals surface area contributed by atoms with Crippen molar-refractivity contribution in [1.82, 2.24) is 10.2 Å². The normalized spacial score (nSPS) is 19.6. The van der Waals surface area contributed by atoms with Gasteiger partial charge >= 0.3 is 0 Å². The smallest absolute Gasteiger partial charge is 0.253 e. The van der Waals surface area contributed by atoms with Crippen molar-refractivity contribution in [3.05, 3.63) is 34.9 Å². The quantitative estimate of drug-likeness (QED) is 0.852. The highest BCUT2D eigenvalue weighted by molar-refractivity contribution is 6.30. The van der Waals surface area contributed by atoms with Gasteiger partial charge in [-0.2, -0.15) is 0 Å². The van der Waals surface area contributed by atoms with Crippen molar-refractivity contribution in [2.75, 3.05) is 19.6 Å². The number of hydrogen-bond donors (Lipinski definition) is 1. The lowest BCUT2D eigenvalue weighted by atomic mass is 10.1. The van der Waals surface area contributed by atoms with E-state index >= 15 is 0 Å². The third kappa shape index (κ3) is 3.60. The van der Waals surface area contributed by atoms with E-state index in [1.807, 2.05) is 4.90 Å². The summed E-state index contributed by atoms with van der Waals surface area (Å²) in [5.41, 5.74) is 0.707. The van der Waals surface area contributed by atoms with Crippen LogP contribution in [0.25, 0.3) is 0 Å². The predicted molar refractivity (Wildman–Crippen MR) is 72.1 cm³/mol. The van der Waals surface area contributed by atoms with E-state index in [9.17, 15) is 4.79 Å². The molecule has 0 aliphatic carbocycles. The van der Waals surface area contributed by atoms with Crippen molar-refractivity contribution in [3.8, 4) is 0 Å². The van der Waals surface area contributed by atoms with E-state index in [1.165, 1.54) is 0 Å². The summed E-state index contributed by atoms with van der Waals surface area (Å²) in [6, 6.07) is 7.42. The first-order valence-electron chi connectivity index (χ1n) is 5.45. The SMILES string of the molecule is CC1CN(C(=O)c2ccc(Cl)cc2)CCN1.Cl. The second kappa shape index (κ2) is 6.24. The summed E-state index contributed by atoms with van der Waals surface area (Å²) in [5, 5.41) is 3.97. The zero-order valence-electron chi connectivity index (χ0n) is 9.65. The van der Waals surface area contributed by atoms with Gasteiger partial charge in [0.15, 0.2) is 0 Å². The molecule has 0 spiro atoms. The maximum Gasteiger partial charge on any atom is 0.253 e. The average Bonchev–Trinajstić information content (AvgIpc) is 2.29. The Hall–Kier alpha value is -0.770. The Morgan fingerprint density at radius 1 is 1.41 bits per heavy atom. The lowest BCUT2D eigenvalue weighted by Crippen LogP contribution is -2.51. The molecule has 1 aliphatic rings. The van der Waals surface area contributed by atoms with E-state index < -0.39 is 0 Å². The predicted octanol–water partition coefficient (Wildman–Crippen LogP) is 2.20. The Morgan fingerprint density at radius 3 is 2.65 bits per heavy atom. The summed E-state index contributed by atoms with van der Waals surface area (Å²) in [5.74, 6) is 0.0880. The second-order valence-corrected chi connectivity index (χ2v) is 4.55. The molecule has 1 aromatic carbocycles. The molecule has 1 unspecified atom stereocenters.